The fourth-order valence-corrected chi connectivity index (χ4v) is 0. The normalized spacial score (nSPS) is 1.25. The minimum atomic E-state index is 0. The van der Waals surface area contributed by atoms with E-state index < -0.39 is 0 Å². The molecule has 0 heterocycles. The van der Waals surface area contributed by atoms with Gasteiger partial charge in [-0.15, -0.1) is 0 Å². The Morgan fingerprint density at radius 1 is 1.25 bits per heavy atom. The van der Waals surface area contributed by atoms with Gasteiger partial charge in [0.15, 0.2) is 0 Å². The molecule has 0 saturated heterocycles. The standard InChI is InChI=1S/CH3.Cr.Mn.Mo/h1H3;;;. The Bertz CT molecular complexity index is 8.00. The average molecular weight is 218 g/mol. The van der Waals surface area contributed by atoms with Gasteiger partial charge >= 0.3 is 25.1 Å². The minimum Gasteiger partial charge on any atom is 0 e. The molecule has 0 aromatic rings. The Balaban J connectivity index is -0.00000000500. The summed E-state index contributed by atoms with van der Waals surface area (Å²) in [7, 11) is 0. The maximum atomic E-state index is 2.01. The molecule has 0 unspecified atom stereocenters. The summed E-state index contributed by atoms with van der Waals surface area (Å²) in [6.45, 7) is 0. The third kappa shape index (κ3) is 9.27. The summed E-state index contributed by atoms with van der Waals surface area (Å²) in [4.78, 5) is 0. The van der Waals surface area contributed by atoms with Crippen molar-refractivity contribution in [3.05, 3.63) is 0 Å². The van der Waals surface area contributed by atoms with Crippen LogP contribution in [0.25, 0.3) is 0 Å². The van der Waals surface area contributed by atoms with E-state index >= 15 is 0 Å². The van der Waals surface area contributed by atoms with Gasteiger partial charge in [-0.3, -0.25) is 0 Å². The van der Waals surface area contributed by atoms with Crippen molar-refractivity contribution in [2.24, 2.45) is 0 Å². The largest absolute Gasteiger partial charge is 0 e. The van der Waals surface area contributed by atoms with Crippen LogP contribution >= 0.6 is 0 Å². The average Bonchev–Trinajstić information content (AvgIpc) is 1.00. The quantitative estimate of drug-likeness (QED) is 0.521. The predicted octanol–water partition coefficient (Wildman–Crippen LogP) is 0.576. The van der Waals surface area contributed by atoms with Crippen LogP contribution < -0.4 is 0 Å². The van der Waals surface area contributed by atoms with Crippen LogP contribution in [-0.4, -0.2) is 0 Å². The number of hydrogen-bond donors (Lipinski definition) is 0. The SMILES string of the molecule is [CH3][Mo].[Cr].[Mn]. The van der Waals surface area contributed by atoms with E-state index in [1.165, 1.54) is 0 Å². The molecule has 0 spiro atoms. The maximum Gasteiger partial charge on any atom is 0 e. The molecule has 3 heteroatoms. The Kier molecular flexibility index (Phi) is 94.0. The van der Waals surface area contributed by atoms with Gasteiger partial charge in [-0.25, -0.2) is 0 Å². The van der Waals surface area contributed by atoms with Crippen molar-refractivity contribution in [3.8, 4) is 0 Å². The molecule has 0 saturated carbocycles. The summed E-state index contributed by atoms with van der Waals surface area (Å²) in [5, 5.41) is 2.01. The molecule has 0 aromatic heterocycles. The minimum absolute atomic E-state index is 0. The fraction of sp³-hybridized carbons (Fsp3) is 1.00. The molecule has 0 aliphatic rings. The van der Waals surface area contributed by atoms with Crippen LogP contribution in [0, 0.1) is 0 Å². The van der Waals surface area contributed by atoms with E-state index in [2.05, 4.69) is 0 Å². The van der Waals surface area contributed by atoms with Gasteiger partial charge in [0.1, 0.15) is 0 Å². The van der Waals surface area contributed by atoms with Crippen LogP contribution in [0.4, 0.5) is 0 Å². The van der Waals surface area contributed by atoms with Gasteiger partial charge in [0, 0.05) is 34.4 Å². The number of rotatable bonds is 0. The molecule has 0 aliphatic heterocycles. The second-order valence-corrected chi connectivity index (χ2v) is 0. The predicted molar refractivity (Wildman–Crippen MR) is 5.86 cm³/mol. The van der Waals surface area contributed by atoms with Crippen molar-refractivity contribution < 1.29 is 54.2 Å². The van der Waals surface area contributed by atoms with E-state index in [0.29, 0.717) is 0 Å². The van der Waals surface area contributed by atoms with Crippen LogP contribution in [0.2, 0.25) is 5.31 Å². The van der Waals surface area contributed by atoms with Crippen molar-refractivity contribution in [1.82, 2.24) is 0 Å². The van der Waals surface area contributed by atoms with Crippen molar-refractivity contribution in [2.45, 2.75) is 5.31 Å². The second-order valence-electron chi connectivity index (χ2n) is 0. The maximum absolute atomic E-state index is 2.01. The zero-order valence-electron chi connectivity index (χ0n) is 2.19. The number of hydrogen-bond acceptors (Lipinski definition) is 0. The Morgan fingerprint density at radius 2 is 1.25 bits per heavy atom. The second kappa shape index (κ2) is 21.9. The van der Waals surface area contributed by atoms with Crippen molar-refractivity contribution in [1.29, 1.82) is 0 Å². The molecule has 4 heavy (non-hydrogen) atoms. The molecule has 0 rings (SSSR count). The summed E-state index contributed by atoms with van der Waals surface area (Å²) in [6.07, 6.45) is 0. The Hall–Kier alpha value is 1.74. The van der Waals surface area contributed by atoms with E-state index in [9.17, 15) is 0 Å². The van der Waals surface area contributed by atoms with Crippen LogP contribution in [-0.2, 0) is 54.2 Å². The van der Waals surface area contributed by atoms with Crippen molar-refractivity contribution >= 4 is 0 Å². The Morgan fingerprint density at radius 3 is 1.25 bits per heavy atom. The van der Waals surface area contributed by atoms with Crippen molar-refractivity contribution in [2.75, 3.05) is 0 Å². The van der Waals surface area contributed by atoms with Crippen LogP contribution in [0.15, 0.2) is 0 Å². The smallest absolute Gasteiger partial charge is 0 e. The van der Waals surface area contributed by atoms with Gasteiger partial charge in [-0.05, 0) is 0 Å². The molecule has 0 fully saturated rings. The van der Waals surface area contributed by atoms with E-state index in [4.69, 9.17) is 0 Å². The van der Waals surface area contributed by atoms with Crippen LogP contribution in [0.5, 0.6) is 0 Å². The molecular weight excluding hydrogens is 215 g/mol. The summed E-state index contributed by atoms with van der Waals surface area (Å²) in [6, 6.07) is 0. The first-order chi connectivity index (χ1) is 1.00. The van der Waals surface area contributed by atoms with Crippen LogP contribution in [0.1, 0.15) is 0 Å². The molecule has 0 aliphatic carbocycles. The molecule has 0 N–H and O–H groups in total. The van der Waals surface area contributed by atoms with Gasteiger partial charge in [0.2, 0.25) is 0 Å². The summed E-state index contributed by atoms with van der Waals surface area (Å²) in [5.74, 6) is 0. The van der Waals surface area contributed by atoms with Gasteiger partial charge in [-0.1, -0.05) is 0 Å². The van der Waals surface area contributed by atoms with Gasteiger partial charge in [0.05, 0.1) is 0 Å². The first-order valence-electron chi connectivity index (χ1n) is 0.408. The first kappa shape index (κ1) is 17.2. The monoisotopic (exact) mass is 220 g/mol. The third-order valence-electron chi connectivity index (χ3n) is 0. The van der Waals surface area contributed by atoms with Gasteiger partial charge < -0.3 is 0 Å². The summed E-state index contributed by atoms with van der Waals surface area (Å²) >= 11 is 1.95. The zero-order chi connectivity index (χ0) is 2.00. The Labute approximate surface area is 59.2 Å². The third-order valence-corrected chi connectivity index (χ3v) is 0. The van der Waals surface area contributed by atoms with Gasteiger partial charge in [-0.2, -0.15) is 0 Å². The van der Waals surface area contributed by atoms with Crippen molar-refractivity contribution in [3.63, 3.8) is 0 Å². The van der Waals surface area contributed by atoms with E-state index in [1.807, 2.05) is 25.1 Å². The molecule has 0 amide bonds. The molecule has 0 aromatic carbocycles. The molecule has 1 radical (unpaired) electrons. The van der Waals surface area contributed by atoms with E-state index in [0.717, 1.165) is 0 Å². The molecular formula is CH3CrMnMo. The molecule has 0 nitrogen and oxygen atoms in total. The molecule has 0 bridgehead atoms. The fourth-order valence-electron chi connectivity index (χ4n) is 0. The molecule has 0 atom stereocenters. The zero-order valence-corrected chi connectivity index (χ0v) is 6.66. The van der Waals surface area contributed by atoms with E-state index in [1.54, 1.807) is 0 Å². The summed E-state index contributed by atoms with van der Waals surface area (Å²) in [5.41, 5.74) is 0. The summed E-state index contributed by atoms with van der Waals surface area (Å²) < 4.78 is 0. The van der Waals surface area contributed by atoms with Crippen LogP contribution in [0.3, 0.4) is 0 Å². The van der Waals surface area contributed by atoms with Gasteiger partial charge in [0.25, 0.3) is 0 Å². The van der Waals surface area contributed by atoms with E-state index in [-0.39, 0.29) is 34.4 Å². The molecule has 26 valence electrons. The topological polar surface area (TPSA) is 0 Å². The first-order valence-corrected chi connectivity index (χ1v) is 2.42.